The first-order valence-electron chi connectivity index (χ1n) is 2.12. The molecular formula is C5H4ClN2. The minimum atomic E-state index is 0.384. The van der Waals surface area contributed by atoms with Crippen molar-refractivity contribution in [3.8, 4) is 0 Å². The van der Waals surface area contributed by atoms with Crippen molar-refractivity contribution in [2.45, 2.75) is 0 Å². The van der Waals surface area contributed by atoms with Crippen molar-refractivity contribution < 1.29 is 0 Å². The molecule has 2 nitrogen and oxygen atoms in total. The van der Waals surface area contributed by atoms with Crippen LogP contribution in [0.1, 0.15) is 0 Å². The fourth-order valence-electron chi connectivity index (χ4n) is 0.376. The molecule has 0 bridgehead atoms. The molecule has 0 aliphatic rings. The largest absolute Gasteiger partial charge is 0.299 e. The van der Waals surface area contributed by atoms with Crippen LogP contribution in [0, 0.1) is 0 Å². The van der Waals surface area contributed by atoms with Crippen LogP contribution < -0.4 is 5.73 Å². The van der Waals surface area contributed by atoms with Crippen molar-refractivity contribution in [2.24, 2.45) is 0 Å². The zero-order valence-corrected chi connectivity index (χ0v) is 4.81. The van der Waals surface area contributed by atoms with Gasteiger partial charge in [0.2, 0.25) is 0 Å². The maximum absolute atomic E-state index is 6.97. The summed E-state index contributed by atoms with van der Waals surface area (Å²) in [7, 11) is 0. The molecule has 0 fully saturated rings. The number of hydrogen-bond donors (Lipinski definition) is 0. The van der Waals surface area contributed by atoms with E-state index in [0.29, 0.717) is 10.8 Å². The molecule has 1 radical (unpaired) electrons. The first-order chi connectivity index (χ1) is 3.79. The molecular weight excluding hydrogens is 124 g/mol. The monoisotopic (exact) mass is 127 g/mol. The van der Waals surface area contributed by atoms with Gasteiger partial charge in [-0.05, 0) is 12.1 Å². The van der Waals surface area contributed by atoms with Crippen LogP contribution in [0.25, 0.3) is 0 Å². The van der Waals surface area contributed by atoms with Crippen molar-refractivity contribution in [2.75, 3.05) is 0 Å². The molecule has 8 heavy (non-hydrogen) atoms. The summed E-state index contributed by atoms with van der Waals surface area (Å²) in [6.07, 6.45) is 1.41. The Morgan fingerprint density at radius 3 is 2.62 bits per heavy atom. The summed E-state index contributed by atoms with van der Waals surface area (Å²) in [5.41, 5.74) is 7.35. The van der Waals surface area contributed by atoms with Gasteiger partial charge in [-0.3, -0.25) is 5.73 Å². The SMILES string of the molecule is [NH]c1ccc(Cl)nc1. The van der Waals surface area contributed by atoms with E-state index in [9.17, 15) is 0 Å². The number of nitrogens with one attached hydrogen (secondary N) is 1. The third-order valence-electron chi connectivity index (χ3n) is 0.727. The highest BCUT2D eigenvalue weighted by atomic mass is 35.5. The Kier molecular flexibility index (Phi) is 1.35. The van der Waals surface area contributed by atoms with Gasteiger partial charge in [-0.1, -0.05) is 11.6 Å². The molecule has 0 amide bonds. The third kappa shape index (κ3) is 1.10. The van der Waals surface area contributed by atoms with E-state index in [1.807, 2.05) is 0 Å². The van der Waals surface area contributed by atoms with E-state index in [1.54, 1.807) is 12.1 Å². The van der Waals surface area contributed by atoms with Gasteiger partial charge >= 0.3 is 0 Å². The lowest BCUT2D eigenvalue weighted by Crippen LogP contribution is -1.72. The molecule has 0 aliphatic heterocycles. The summed E-state index contributed by atoms with van der Waals surface area (Å²) in [5.74, 6) is 0. The number of hydrogen-bond acceptors (Lipinski definition) is 1. The lowest BCUT2D eigenvalue weighted by Gasteiger charge is -1.86. The van der Waals surface area contributed by atoms with E-state index in [1.165, 1.54) is 6.20 Å². The highest BCUT2D eigenvalue weighted by molar-refractivity contribution is 6.29. The first kappa shape index (κ1) is 5.38. The van der Waals surface area contributed by atoms with E-state index in [0.717, 1.165) is 0 Å². The Labute approximate surface area is 52.3 Å². The summed E-state index contributed by atoms with van der Waals surface area (Å²) in [6, 6.07) is 3.18. The lowest BCUT2D eigenvalue weighted by atomic mass is 10.4. The molecule has 0 spiro atoms. The number of rotatable bonds is 0. The maximum Gasteiger partial charge on any atom is 0.129 e. The van der Waals surface area contributed by atoms with Crippen molar-refractivity contribution in [1.82, 2.24) is 10.7 Å². The first-order valence-corrected chi connectivity index (χ1v) is 2.50. The van der Waals surface area contributed by atoms with E-state index in [-0.39, 0.29) is 0 Å². The Balaban J connectivity index is 3.03. The maximum atomic E-state index is 6.97. The molecule has 1 aromatic rings. The van der Waals surface area contributed by atoms with E-state index in [4.69, 9.17) is 17.3 Å². The van der Waals surface area contributed by atoms with E-state index >= 15 is 0 Å². The summed E-state index contributed by atoms with van der Waals surface area (Å²) >= 11 is 5.42. The van der Waals surface area contributed by atoms with Crippen LogP contribution >= 0.6 is 11.6 Å². The van der Waals surface area contributed by atoms with Gasteiger partial charge in [0.1, 0.15) is 5.15 Å². The molecule has 1 heterocycles. The molecule has 0 atom stereocenters. The lowest BCUT2D eigenvalue weighted by molar-refractivity contribution is 1.29. The molecule has 1 aromatic heterocycles. The van der Waals surface area contributed by atoms with Crippen LogP contribution in [-0.2, 0) is 0 Å². The predicted molar refractivity (Wildman–Crippen MR) is 32.0 cm³/mol. The smallest absolute Gasteiger partial charge is 0.129 e. The number of halogens is 1. The molecule has 1 rings (SSSR count). The highest BCUT2D eigenvalue weighted by Gasteiger charge is 1.84. The standard InChI is InChI=1S/C5H4ClN2/c6-5-2-1-4(7)3-8-5/h1-3,7H. The van der Waals surface area contributed by atoms with Crippen molar-refractivity contribution in [3.63, 3.8) is 0 Å². The van der Waals surface area contributed by atoms with Gasteiger partial charge in [0.25, 0.3) is 0 Å². The van der Waals surface area contributed by atoms with Crippen LogP contribution in [0.5, 0.6) is 0 Å². The van der Waals surface area contributed by atoms with Crippen molar-refractivity contribution in [3.05, 3.63) is 23.5 Å². The quantitative estimate of drug-likeness (QED) is 0.488. The number of pyridine rings is 1. The fraction of sp³-hybridized carbons (Fsp3) is 0. The normalized spacial score (nSPS) is 9.12. The van der Waals surface area contributed by atoms with Gasteiger partial charge in [0, 0.05) is 0 Å². The average molecular weight is 128 g/mol. The summed E-state index contributed by atoms with van der Waals surface area (Å²) < 4.78 is 0. The summed E-state index contributed by atoms with van der Waals surface area (Å²) in [5, 5.41) is 0.431. The molecule has 0 aromatic carbocycles. The molecule has 0 aliphatic carbocycles. The van der Waals surface area contributed by atoms with Crippen molar-refractivity contribution >= 4 is 17.3 Å². The molecule has 41 valence electrons. The van der Waals surface area contributed by atoms with Crippen LogP contribution in [-0.4, -0.2) is 4.98 Å². The second-order valence-corrected chi connectivity index (χ2v) is 1.76. The van der Waals surface area contributed by atoms with Gasteiger partial charge in [-0.15, -0.1) is 0 Å². The number of nitrogens with zero attached hydrogens (tertiary/aromatic N) is 1. The van der Waals surface area contributed by atoms with E-state index in [2.05, 4.69) is 4.98 Å². The summed E-state index contributed by atoms with van der Waals surface area (Å²) in [4.78, 5) is 3.66. The van der Waals surface area contributed by atoms with Crippen LogP contribution in [0.2, 0.25) is 5.15 Å². The summed E-state index contributed by atoms with van der Waals surface area (Å²) in [6.45, 7) is 0. The Morgan fingerprint density at radius 2 is 2.25 bits per heavy atom. The Bertz CT molecular complexity index is 149. The second-order valence-electron chi connectivity index (χ2n) is 1.37. The minimum absolute atomic E-state index is 0.384. The van der Waals surface area contributed by atoms with Crippen LogP contribution in [0.4, 0.5) is 5.69 Å². The molecule has 1 N–H and O–H groups in total. The molecule has 0 unspecified atom stereocenters. The number of aromatic nitrogens is 1. The Morgan fingerprint density at radius 1 is 1.50 bits per heavy atom. The molecule has 0 saturated carbocycles. The van der Waals surface area contributed by atoms with Gasteiger partial charge < -0.3 is 0 Å². The fourth-order valence-corrected chi connectivity index (χ4v) is 0.488. The second kappa shape index (κ2) is 2.01. The van der Waals surface area contributed by atoms with Crippen molar-refractivity contribution in [1.29, 1.82) is 0 Å². The third-order valence-corrected chi connectivity index (χ3v) is 0.951. The van der Waals surface area contributed by atoms with Gasteiger partial charge in [-0.2, -0.15) is 0 Å². The average Bonchev–Trinajstić information content (AvgIpc) is 1.77. The predicted octanol–water partition coefficient (Wildman–Crippen LogP) is 1.65. The zero-order valence-electron chi connectivity index (χ0n) is 4.06. The Hall–Kier alpha value is -0.760. The van der Waals surface area contributed by atoms with Gasteiger partial charge in [-0.25, -0.2) is 4.98 Å². The van der Waals surface area contributed by atoms with Gasteiger partial charge in [0.05, 0.1) is 11.9 Å². The molecule has 3 heteroatoms. The zero-order chi connectivity index (χ0) is 5.98. The highest BCUT2D eigenvalue weighted by Crippen LogP contribution is 2.06. The van der Waals surface area contributed by atoms with E-state index < -0.39 is 0 Å². The topological polar surface area (TPSA) is 36.7 Å². The minimum Gasteiger partial charge on any atom is -0.299 e. The van der Waals surface area contributed by atoms with Crippen LogP contribution in [0.3, 0.4) is 0 Å². The van der Waals surface area contributed by atoms with Crippen LogP contribution in [0.15, 0.2) is 18.3 Å². The molecule has 0 saturated heterocycles. The van der Waals surface area contributed by atoms with Gasteiger partial charge in [0.15, 0.2) is 0 Å².